The van der Waals surface area contributed by atoms with Gasteiger partial charge in [-0.15, -0.1) is 0 Å². The highest BCUT2D eigenvalue weighted by Crippen LogP contribution is 2.04. The molecule has 5 nitrogen and oxygen atoms in total. The highest BCUT2D eigenvalue weighted by molar-refractivity contribution is 5.70. The monoisotopic (exact) mass is 246 g/mol. The summed E-state index contributed by atoms with van der Waals surface area (Å²) < 4.78 is 5.03. The molecular weight excluding hydrogens is 232 g/mol. The predicted octanol–water partition coefficient (Wildman–Crippen LogP) is 1.23. The largest absolute Gasteiger partial charge is 0.444 e. The fourth-order valence-electron chi connectivity index (χ4n) is 1.47. The fourth-order valence-corrected chi connectivity index (χ4v) is 1.47. The molecule has 1 heterocycles. The summed E-state index contributed by atoms with van der Waals surface area (Å²) in [7, 11) is 0. The Morgan fingerprint density at radius 3 is 2.89 bits per heavy atom. The van der Waals surface area contributed by atoms with Crippen molar-refractivity contribution in [1.82, 2.24) is 10.6 Å². The first-order chi connectivity index (χ1) is 8.75. The quantitative estimate of drug-likeness (QED) is 0.750. The maximum Gasteiger partial charge on any atom is 0.411 e. The Kier molecular flexibility index (Phi) is 3.98. The molecule has 1 aliphatic heterocycles. The van der Waals surface area contributed by atoms with Gasteiger partial charge in [-0.2, -0.15) is 0 Å². The summed E-state index contributed by atoms with van der Waals surface area (Å²) in [5, 5.41) is 14.6. The lowest BCUT2D eigenvalue weighted by molar-refractivity contribution is 0.133. The maximum absolute atomic E-state index is 11.5. The third-order valence-corrected chi connectivity index (χ3v) is 2.38. The number of carbonyl (C=O) groups excluding carboxylic acids is 1. The molecule has 5 heteroatoms. The van der Waals surface area contributed by atoms with Gasteiger partial charge >= 0.3 is 6.09 Å². The number of aliphatic hydroxyl groups excluding tert-OH is 1. The lowest BCUT2D eigenvalue weighted by Gasteiger charge is -2.18. The van der Waals surface area contributed by atoms with Gasteiger partial charge in [0, 0.05) is 0 Å². The molecule has 94 valence electrons. The first-order valence-corrected chi connectivity index (χ1v) is 5.54. The topological polar surface area (TPSA) is 70.6 Å². The lowest BCUT2D eigenvalue weighted by Crippen LogP contribution is -2.37. The average Bonchev–Trinajstić information content (AvgIpc) is 2.40. The Morgan fingerprint density at radius 1 is 1.39 bits per heavy atom. The fraction of sp³-hybridized carbons (Fsp3) is 0.154. The van der Waals surface area contributed by atoms with E-state index in [9.17, 15) is 9.90 Å². The number of hydrogen-bond donors (Lipinski definition) is 3. The molecule has 1 aliphatic rings. The van der Waals surface area contributed by atoms with Crippen LogP contribution >= 0.6 is 0 Å². The highest BCUT2D eigenvalue weighted by Gasteiger charge is 2.14. The first-order valence-electron chi connectivity index (χ1n) is 5.54. The van der Waals surface area contributed by atoms with Gasteiger partial charge in [0.25, 0.3) is 0 Å². The Morgan fingerprint density at radius 2 is 2.17 bits per heavy atom. The van der Waals surface area contributed by atoms with E-state index >= 15 is 0 Å². The van der Waals surface area contributed by atoms with E-state index in [1.807, 2.05) is 30.3 Å². The molecule has 0 bridgehead atoms. The van der Waals surface area contributed by atoms with E-state index in [0.29, 0.717) is 5.70 Å². The molecule has 0 fully saturated rings. The van der Waals surface area contributed by atoms with Crippen LogP contribution in [0.25, 0.3) is 0 Å². The number of nitrogens with one attached hydrogen (secondary N) is 2. The van der Waals surface area contributed by atoms with Crippen LogP contribution < -0.4 is 10.6 Å². The molecule has 0 aliphatic carbocycles. The van der Waals surface area contributed by atoms with Crippen molar-refractivity contribution < 1.29 is 14.6 Å². The standard InChI is InChI=1S/C13H14N2O3/c16-12-11(7-4-8-14-12)15-13(17)18-9-10-5-2-1-3-6-10/h1-8,12,14,16H,9H2,(H,15,17). The number of aliphatic hydroxyl groups is 1. The van der Waals surface area contributed by atoms with Crippen LogP contribution in [0.2, 0.25) is 0 Å². The van der Waals surface area contributed by atoms with Crippen LogP contribution in [0.4, 0.5) is 4.79 Å². The second-order valence-corrected chi connectivity index (χ2v) is 3.74. The molecule has 2 rings (SSSR count). The van der Waals surface area contributed by atoms with E-state index in [4.69, 9.17) is 4.74 Å². The van der Waals surface area contributed by atoms with Crippen LogP contribution in [-0.2, 0) is 11.3 Å². The van der Waals surface area contributed by atoms with Crippen molar-refractivity contribution in [2.75, 3.05) is 0 Å². The van der Waals surface area contributed by atoms with Crippen LogP contribution in [0, 0.1) is 0 Å². The minimum atomic E-state index is -0.917. The molecule has 3 N–H and O–H groups in total. The molecule has 0 spiro atoms. The summed E-state index contributed by atoms with van der Waals surface area (Å²) in [4.78, 5) is 11.5. The summed E-state index contributed by atoms with van der Waals surface area (Å²) in [6.45, 7) is 0.194. The maximum atomic E-state index is 11.5. The van der Waals surface area contributed by atoms with Crippen molar-refractivity contribution >= 4 is 6.09 Å². The zero-order valence-electron chi connectivity index (χ0n) is 9.67. The molecule has 1 aromatic carbocycles. The third kappa shape index (κ3) is 3.36. The molecule has 18 heavy (non-hydrogen) atoms. The Bertz CT molecular complexity index is 468. The molecule has 1 amide bonds. The van der Waals surface area contributed by atoms with Crippen LogP contribution in [0.1, 0.15) is 5.56 Å². The van der Waals surface area contributed by atoms with Crippen molar-refractivity contribution in [3.05, 3.63) is 59.9 Å². The van der Waals surface area contributed by atoms with Crippen LogP contribution in [0.15, 0.2) is 54.4 Å². The summed E-state index contributed by atoms with van der Waals surface area (Å²) >= 11 is 0. The third-order valence-electron chi connectivity index (χ3n) is 2.38. The highest BCUT2D eigenvalue weighted by atomic mass is 16.5. The van der Waals surface area contributed by atoms with Gasteiger partial charge in [0.2, 0.25) is 0 Å². The Balaban J connectivity index is 1.82. The summed E-state index contributed by atoms with van der Waals surface area (Å²) in [6, 6.07) is 9.38. The number of alkyl carbamates (subject to hydrolysis) is 1. The predicted molar refractivity (Wildman–Crippen MR) is 66.1 cm³/mol. The molecule has 1 atom stereocenters. The minimum Gasteiger partial charge on any atom is -0.444 e. The Labute approximate surface area is 105 Å². The van der Waals surface area contributed by atoms with Crippen molar-refractivity contribution in [1.29, 1.82) is 0 Å². The zero-order valence-corrected chi connectivity index (χ0v) is 9.67. The number of allylic oxidation sites excluding steroid dienone is 2. The van der Waals surface area contributed by atoms with Gasteiger partial charge in [-0.3, -0.25) is 5.32 Å². The average molecular weight is 246 g/mol. The number of dihydropyridines is 1. The minimum absolute atomic E-state index is 0.194. The SMILES string of the molecule is O=C(NC1=CC=CNC1O)OCc1ccccc1. The van der Waals surface area contributed by atoms with E-state index in [0.717, 1.165) is 5.56 Å². The van der Waals surface area contributed by atoms with Crippen molar-refractivity contribution in [2.24, 2.45) is 0 Å². The molecule has 0 saturated carbocycles. The van der Waals surface area contributed by atoms with Crippen molar-refractivity contribution in [3.8, 4) is 0 Å². The van der Waals surface area contributed by atoms with Gasteiger partial charge in [-0.1, -0.05) is 30.3 Å². The first kappa shape index (κ1) is 12.2. The molecule has 0 aromatic heterocycles. The van der Waals surface area contributed by atoms with Crippen LogP contribution in [-0.4, -0.2) is 17.4 Å². The molecule has 1 unspecified atom stereocenters. The number of carbonyl (C=O) groups is 1. The van der Waals surface area contributed by atoms with E-state index in [1.54, 1.807) is 18.4 Å². The number of amides is 1. The van der Waals surface area contributed by atoms with Gasteiger partial charge < -0.3 is 15.2 Å². The Hall–Kier alpha value is -2.27. The van der Waals surface area contributed by atoms with Gasteiger partial charge in [0.1, 0.15) is 6.61 Å². The van der Waals surface area contributed by atoms with E-state index < -0.39 is 12.3 Å². The van der Waals surface area contributed by atoms with Gasteiger partial charge in [-0.05, 0) is 23.9 Å². The molecule has 0 radical (unpaired) electrons. The van der Waals surface area contributed by atoms with Crippen LogP contribution in [0.3, 0.4) is 0 Å². The summed E-state index contributed by atoms with van der Waals surface area (Å²) in [5.41, 5.74) is 1.26. The lowest BCUT2D eigenvalue weighted by atomic mass is 10.2. The molecule has 0 saturated heterocycles. The van der Waals surface area contributed by atoms with Gasteiger partial charge in [0.05, 0.1) is 5.70 Å². The number of rotatable bonds is 3. The summed E-state index contributed by atoms with van der Waals surface area (Å²) in [6.07, 6.45) is 3.36. The van der Waals surface area contributed by atoms with Crippen LogP contribution in [0.5, 0.6) is 0 Å². The summed E-state index contributed by atoms with van der Waals surface area (Å²) in [5.74, 6) is 0. The number of benzene rings is 1. The van der Waals surface area contributed by atoms with Gasteiger partial charge in [0.15, 0.2) is 6.23 Å². The van der Waals surface area contributed by atoms with E-state index in [1.165, 1.54) is 0 Å². The van der Waals surface area contributed by atoms with E-state index in [2.05, 4.69) is 10.6 Å². The van der Waals surface area contributed by atoms with Crippen molar-refractivity contribution in [3.63, 3.8) is 0 Å². The smallest absolute Gasteiger partial charge is 0.411 e. The second kappa shape index (κ2) is 5.88. The molecular formula is C13H14N2O3. The second-order valence-electron chi connectivity index (χ2n) is 3.74. The zero-order chi connectivity index (χ0) is 12.8. The van der Waals surface area contributed by atoms with Crippen molar-refractivity contribution in [2.45, 2.75) is 12.8 Å². The number of ether oxygens (including phenoxy) is 1. The number of hydrogen-bond acceptors (Lipinski definition) is 4. The van der Waals surface area contributed by atoms with E-state index in [-0.39, 0.29) is 6.61 Å². The molecule has 1 aromatic rings. The normalized spacial score (nSPS) is 17.6. The van der Waals surface area contributed by atoms with Gasteiger partial charge in [-0.25, -0.2) is 4.79 Å².